The number of rotatable bonds is 5. The molecule has 0 unspecified atom stereocenters. The summed E-state index contributed by atoms with van der Waals surface area (Å²) in [6, 6.07) is 21.1. The number of halogens is 3. The van der Waals surface area contributed by atoms with Crippen LogP contribution in [0.5, 0.6) is 0 Å². The monoisotopic (exact) mass is 567 g/mol. The van der Waals surface area contributed by atoms with E-state index in [2.05, 4.69) is 15.6 Å². The van der Waals surface area contributed by atoms with Crippen molar-refractivity contribution in [2.45, 2.75) is 0 Å². The van der Waals surface area contributed by atoms with Gasteiger partial charge in [-0.1, -0.05) is 34.8 Å². The Bertz CT molecular complexity index is 1660. The number of carbonyl (C=O) groups is 1. The number of amides is 1. The highest BCUT2D eigenvalue weighted by Gasteiger charge is 2.14. The minimum atomic E-state index is -0.424. The van der Waals surface area contributed by atoms with Crippen molar-refractivity contribution in [1.29, 1.82) is 0 Å². The standard InChI is InChI=1S/C27H16Cl3N3O3S/c28-16-3-1-15(2-4-16)23-11-7-19(35-23)8-12-25(34)33-27(37)31-18-6-9-21(30)20(14-18)26-32-22-13-17(29)5-10-24(22)36-26/h1-14H,(H2,31,33,34,37). The van der Waals surface area contributed by atoms with E-state index in [1.165, 1.54) is 6.08 Å². The molecule has 0 fully saturated rings. The topological polar surface area (TPSA) is 80.3 Å². The zero-order valence-corrected chi connectivity index (χ0v) is 21.9. The van der Waals surface area contributed by atoms with E-state index in [0.29, 0.717) is 54.8 Å². The number of anilines is 1. The van der Waals surface area contributed by atoms with Crippen molar-refractivity contribution in [3.8, 4) is 22.8 Å². The third-order valence-electron chi connectivity index (χ3n) is 5.20. The maximum Gasteiger partial charge on any atom is 0.250 e. The maximum atomic E-state index is 12.4. The summed E-state index contributed by atoms with van der Waals surface area (Å²) in [4.78, 5) is 16.8. The summed E-state index contributed by atoms with van der Waals surface area (Å²) in [6.45, 7) is 0. The van der Waals surface area contributed by atoms with Crippen LogP contribution < -0.4 is 10.6 Å². The Hall–Kier alpha value is -3.62. The van der Waals surface area contributed by atoms with Crippen LogP contribution in [0.1, 0.15) is 5.76 Å². The molecule has 3 aromatic carbocycles. The summed E-state index contributed by atoms with van der Waals surface area (Å²) >= 11 is 23.6. The smallest absolute Gasteiger partial charge is 0.250 e. The molecule has 184 valence electrons. The van der Waals surface area contributed by atoms with Crippen LogP contribution in [0.2, 0.25) is 15.1 Å². The molecule has 0 radical (unpaired) electrons. The molecule has 10 heteroatoms. The molecule has 37 heavy (non-hydrogen) atoms. The number of hydrogen-bond donors (Lipinski definition) is 2. The predicted octanol–water partition coefficient (Wildman–Crippen LogP) is 8.24. The van der Waals surface area contributed by atoms with Gasteiger partial charge in [-0.3, -0.25) is 10.1 Å². The van der Waals surface area contributed by atoms with Crippen molar-refractivity contribution in [3.63, 3.8) is 0 Å². The number of oxazole rings is 1. The summed E-state index contributed by atoms with van der Waals surface area (Å²) in [7, 11) is 0. The predicted molar refractivity (Wildman–Crippen MR) is 152 cm³/mol. The molecule has 1 amide bonds. The molecule has 5 aromatic rings. The molecule has 2 heterocycles. The summed E-state index contributed by atoms with van der Waals surface area (Å²) in [6.07, 6.45) is 2.88. The number of furan rings is 1. The number of nitrogens with one attached hydrogen (secondary N) is 2. The van der Waals surface area contributed by atoms with E-state index in [4.69, 9.17) is 55.9 Å². The Labute approximate surface area is 231 Å². The lowest BCUT2D eigenvalue weighted by atomic mass is 10.2. The van der Waals surface area contributed by atoms with Crippen LogP contribution >= 0.6 is 47.0 Å². The van der Waals surface area contributed by atoms with Crippen molar-refractivity contribution in [2.75, 3.05) is 5.32 Å². The minimum Gasteiger partial charge on any atom is -0.457 e. The van der Waals surface area contributed by atoms with E-state index in [9.17, 15) is 4.79 Å². The highest BCUT2D eigenvalue weighted by Crippen LogP contribution is 2.33. The average molecular weight is 569 g/mol. The minimum absolute atomic E-state index is 0.105. The van der Waals surface area contributed by atoms with Gasteiger partial charge in [0.1, 0.15) is 17.0 Å². The second-order valence-electron chi connectivity index (χ2n) is 7.81. The Balaban J connectivity index is 1.23. The van der Waals surface area contributed by atoms with Gasteiger partial charge in [0.05, 0.1) is 10.6 Å². The number of carbonyl (C=O) groups excluding carboxylic acids is 1. The maximum absolute atomic E-state index is 12.4. The summed E-state index contributed by atoms with van der Waals surface area (Å²) < 4.78 is 11.6. The largest absolute Gasteiger partial charge is 0.457 e. The molecular formula is C27H16Cl3N3O3S. The Morgan fingerprint density at radius 2 is 1.68 bits per heavy atom. The van der Waals surface area contributed by atoms with Gasteiger partial charge >= 0.3 is 0 Å². The van der Waals surface area contributed by atoms with Crippen molar-refractivity contribution in [3.05, 3.63) is 99.7 Å². The molecular weight excluding hydrogens is 553 g/mol. The number of fused-ring (bicyclic) bond motifs is 1. The molecule has 0 aliphatic carbocycles. The van der Waals surface area contributed by atoms with Crippen LogP contribution in [0.25, 0.3) is 40.0 Å². The molecule has 5 rings (SSSR count). The van der Waals surface area contributed by atoms with Crippen LogP contribution in [-0.2, 0) is 4.79 Å². The van der Waals surface area contributed by atoms with Crippen LogP contribution in [0.3, 0.4) is 0 Å². The lowest BCUT2D eigenvalue weighted by molar-refractivity contribution is -0.115. The third-order valence-corrected chi connectivity index (χ3v) is 6.22. The first-order chi connectivity index (χ1) is 17.8. The fourth-order valence-electron chi connectivity index (χ4n) is 3.47. The second kappa shape index (κ2) is 10.8. The highest BCUT2D eigenvalue weighted by atomic mass is 35.5. The van der Waals surface area contributed by atoms with Gasteiger partial charge in [-0.25, -0.2) is 4.98 Å². The number of benzene rings is 3. The van der Waals surface area contributed by atoms with Crippen LogP contribution in [0.4, 0.5) is 5.69 Å². The summed E-state index contributed by atoms with van der Waals surface area (Å²) in [5.41, 5.74) is 3.22. The average Bonchev–Trinajstić information content (AvgIpc) is 3.51. The molecule has 0 aliphatic heterocycles. The first kappa shape index (κ1) is 25.0. The first-order valence-electron chi connectivity index (χ1n) is 10.9. The van der Waals surface area contributed by atoms with Crippen molar-refractivity contribution in [1.82, 2.24) is 10.3 Å². The number of thiocarbonyl (C=S) groups is 1. The third kappa shape index (κ3) is 6.03. The number of nitrogens with zero attached hydrogens (tertiary/aromatic N) is 1. The van der Waals surface area contributed by atoms with Gasteiger partial charge in [-0.2, -0.15) is 0 Å². The number of hydrogen-bond acceptors (Lipinski definition) is 5. The van der Waals surface area contributed by atoms with Crippen LogP contribution in [0, 0.1) is 0 Å². The molecule has 0 bridgehead atoms. The molecule has 0 atom stereocenters. The van der Waals surface area contributed by atoms with E-state index < -0.39 is 5.91 Å². The Morgan fingerprint density at radius 3 is 2.49 bits per heavy atom. The zero-order valence-electron chi connectivity index (χ0n) is 18.8. The first-order valence-corrected chi connectivity index (χ1v) is 12.4. The van der Waals surface area contributed by atoms with Crippen molar-refractivity contribution >= 4 is 80.9 Å². The normalized spacial score (nSPS) is 11.2. The Morgan fingerprint density at radius 1 is 0.892 bits per heavy atom. The molecule has 2 N–H and O–H groups in total. The molecule has 6 nitrogen and oxygen atoms in total. The van der Waals surface area contributed by atoms with Gasteiger partial charge in [-0.05, 0) is 91.1 Å². The second-order valence-corrected chi connectivity index (χ2v) is 9.50. The number of aromatic nitrogens is 1. The van der Waals surface area contributed by atoms with Crippen molar-refractivity contribution < 1.29 is 13.6 Å². The Kier molecular flexibility index (Phi) is 7.30. The van der Waals surface area contributed by atoms with Gasteiger partial charge in [0.2, 0.25) is 11.8 Å². The summed E-state index contributed by atoms with van der Waals surface area (Å²) in [5.74, 6) is 1.09. The quantitative estimate of drug-likeness (QED) is 0.164. The molecule has 0 saturated heterocycles. The van der Waals surface area contributed by atoms with Crippen LogP contribution in [0.15, 0.2) is 87.7 Å². The van der Waals surface area contributed by atoms with E-state index >= 15 is 0 Å². The van der Waals surface area contributed by atoms with E-state index in [0.717, 1.165) is 5.56 Å². The molecule has 0 spiro atoms. The van der Waals surface area contributed by atoms with Crippen LogP contribution in [-0.4, -0.2) is 16.0 Å². The van der Waals surface area contributed by atoms with Gasteiger partial charge < -0.3 is 14.2 Å². The summed E-state index contributed by atoms with van der Waals surface area (Å²) in [5, 5.41) is 7.30. The zero-order chi connectivity index (χ0) is 25.9. The van der Waals surface area contributed by atoms with E-state index in [1.807, 2.05) is 18.2 Å². The fourth-order valence-corrected chi connectivity index (χ4v) is 4.18. The van der Waals surface area contributed by atoms with Gasteiger partial charge in [0.25, 0.3) is 0 Å². The van der Waals surface area contributed by atoms with Crippen molar-refractivity contribution in [2.24, 2.45) is 0 Å². The lowest BCUT2D eigenvalue weighted by Crippen LogP contribution is -2.32. The van der Waals surface area contributed by atoms with Gasteiger partial charge in [-0.15, -0.1) is 0 Å². The van der Waals surface area contributed by atoms with E-state index in [-0.39, 0.29) is 5.11 Å². The lowest BCUT2D eigenvalue weighted by Gasteiger charge is -2.09. The molecule has 0 aliphatic rings. The van der Waals surface area contributed by atoms with Gasteiger partial charge in [0, 0.05) is 27.4 Å². The molecule has 0 saturated carbocycles. The highest BCUT2D eigenvalue weighted by molar-refractivity contribution is 7.80. The molecule has 2 aromatic heterocycles. The SMILES string of the molecule is O=C(C=Cc1ccc(-c2ccc(Cl)cc2)o1)NC(=S)Nc1ccc(Cl)c(-c2nc3cc(Cl)ccc3o2)c1. The fraction of sp³-hybridized carbons (Fsp3) is 0. The van der Waals surface area contributed by atoms with E-state index in [1.54, 1.807) is 60.7 Å². The van der Waals surface area contributed by atoms with Gasteiger partial charge in [0.15, 0.2) is 10.7 Å².